The Balaban J connectivity index is 2.46. The Morgan fingerprint density at radius 2 is 2.07 bits per heavy atom. The molecule has 1 unspecified atom stereocenters. The van der Waals surface area contributed by atoms with Gasteiger partial charge >= 0.3 is 0 Å². The predicted octanol–water partition coefficient (Wildman–Crippen LogP) is 2.95. The molecule has 0 aromatic rings. The van der Waals surface area contributed by atoms with E-state index in [2.05, 4.69) is 4.40 Å². The molecule has 0 amide bonds. The van der Waals surface area contributed by atoms with Gasteiger partial charge in [-0.3, -0.25) is 0 Å². The summed E-state index contributed by atoms with van der Waals surface area (Å²) in [7, 11) is 0. The molecule has 1 aliphatic rings. The minimum atomic E-state index is -2.56. The molecule has 0 aromatic heterocycles. The Kier molecular flexibility index (Phi) is 3.76. The van der Waals surface area contributed by atoms with Crippen molar-refractivity contribution in [2.45, 2.75) is 50.7 Å². The van der Waals surface area contributed by atoms with Gasteiger partial charge in [-0.15, -0.1) is 0 Å². The third kappa shape index (κ3) is 4.07. The molecule has 0 spiro atoms. The van der Waals surface area contributed by atoms with Crippen molar-refractivity contribution in [3.05, 3.63) is 0 Å². The van der Waals surface area contributed by atoms with Gasteiger partial charge in [0.25, 0.3) is 0 Å². The lowest BCUT2D eigenvalue weighted by Crippen LogP contribution is -2.26. The Bertz CT molecular complexity index is 250. The van der Waals surface area contributed by atoms with Gasteiger partial charge in [0.2, 0.25) is 5.92 Å². The number of hydrogen-bond donors (Lipinski definition) is 0. The minimum Gasteiger partial charge on any atom is -0.591 e. The minimum absolute atomic E-state index is 0.0775. The molecule has 5 heteroatoms. The molecule has 1 rings (SSSR count). The fraction of sp³-hybridized carbons (Fsp3) is 0.900. The molecular weight excluding hydrogens is 220 g/mol. The SMILES string of the molecule is CC(C)(C)[S@+]([O-])/N=C/C1CCC(F)(F)C1. The molecule has 0 aliphatic heterocycles. The molecule has 1 saturated carbocycles. The van der Waals surface area contributed by atoms with Crippen molar-refractivity contribution in [3.8, 4) is 0 Å². The van der Waals surface area contributed by atoms with E-state index >= 15 is 0 Å². The molecule has 15 heavy (non-hydrogen) atoms. The lowest BCUT2D eigenvalue weighted by molar-refractivity contribution is 0.00750. The highest BCUT2D eigenvalue weighted by Crippen LogP contribution is 2.38. The topological polar surface area (TPSA) is 35.4 Å². The fourth-order valence-corrected chi connectivity index (χ4v) is 2.01. The maximum atomic E-state index is 12.8. The first-order chi connectivity index (χ1) is 6.71. The number of rotatable bonds is 2. The van der Waals surface area contributed by atoms with Crippen LogP contribution >= 0.6 is 0 Å². The summed E-state index contributed by atoms with van der Waals surface area (Å²) in [4.78, 5) is 0. The van der Waals surface area contributed by atoms with Gasteiger partial charge in [0.05, 0.1) is 6.21 Å². The summed E-state index contributed by atoms with van der Waals surface area (Å²) in [6.07, 6.45) is 1.66. The summed E-state index contributed by atoms with van der Waals surface area (Å²) in [5, 5.41) is 0. The molecule has 1 aliphatic carbocycles. The number of alkyl halides is 2. The molecule has 0 radical (unpaired) electrons. The molecular formula is C10H17F2NOS. The molecule has 0 N–H and O–H groups in total. The van der Waals surface area contributed by atoms with Crippen LogP contribution in [0.4, 0.5) is 8.78 Å². The lowest BCUT2D eigenvalue weighted by Gasteiger charge is -2.18. The summed E-state index contributed by atoms with van der Waals surface area (Å²) in [5.74, 6) is -2.77. The maximum Gasteiger partial charge on any atom is 0.248 e. The Hall–Kier alpha value is -0.160. The highest BCUT2D eigenvalue weighted by atomic mass is 32.2. The predicted molar refractivity (Wildman–Crippen MR) is 58.7 cm³/mol. The highest BCUT2D eigenvalue weighted by Gasteiger charge is 2.39. The Morgan fingerprint density at radius 3 is 2.47 bits per heavy atom. The van der Waals surface area contributed by atoms with Crippen molar-refractivity contribution in [3.63, 3.8) is 0 Å². The van der Waals surface area contributed by atoms with Crippen molar-refractivity contribution in [2.24, 2.45) is 10.3 Å². The van der Waals surface area contributed by atoms with Gasteiger partial charge < -0.3 is 4.55 Å². The van der Waals surface area contributed by atoms with E-state index in [-0.39, 0.29) is 18.8 Å². The number of hydrogen-bond acceptors (Lipinski definition) is 2. The molecule has 2 atom stereocenters. The average Bonchev–Trinajstić information content (AvgIpc) is 2.39. The Morgan fingerprint density at radius 1 is 1.47 bits per heavy atom. The van der Waals surface area contributed by atoms with Gasteiger partial charge in [0.15, 0.2) is 0 Å². The fourth-order valence-electron chi connectivity index (χ4n) is 1.41. The van der Waals surface area contributed by atoms with Crippen LogP contribution in [0, 0.1) is 5.92 Å². The van der Waals surface area contributed by atoms with Gasteiger partial charge in [0, 0.05) is 18.8 Å². The van der Waals surface area contributed by atoms with Crippen LogP contribution in [0.3, 0.4) is 0 Å². The van der Waals surface area contributed by atoms with E-state index in [9.17, 15) is 13.3 Å². The molecule has 0 aromatic carbocycles. The van der Waals surface area contributed by atoms with E-state index in [1.165, 1.54) is 6.21 Å². The van der Waals surface area contributed by atoms with Crippen LogP contribution in [-0.4, -0.2) is 21.4 Å². The molecule has 88 valence electrons. The zero-order chi connectivity index (χ0) is 11.7. The zero-order valence-corrected chi connectivity index (χ0v) is 10.1. The average molecular weight is 237 g/mol. The zero-order valence-electron chi connectivity index (χ0n) is 9.30. The van der Waals surface area contributed by atoms with Gasteiger partial charge in [-0.25, -0.2) is 8.78 Å². The van der Waals surface area contributed by atoms with E-state index in [4.69, 9.17) is 0 Å². The van der Waals surface area contributed by atoms with Crippen LogP contribution < -0.4 is 0 Å². The van der Waals surface area contributed by atoms with Crippen molar-refractivity contribution < 1.29 is 13.3 Å². The standard InChI is InChI=1S/C10H17F2NOS/c1-9(2,3)15(14)13-7-8-4-5-10(11,12)6-8/h7-8H,4-6H2,1-3H3/b13-7+/t8?,15-/m0/s1. The van der Waals surface area contributed by atoms with Gasteiger partial charge in [-0.2, -0.15) is 0 Å². The first-order valence-corrected chi connectivity index (χ1v) is 6.15. The third-order valence-electron chi connectivity index (χ3n) is 2.33. The molecule has 0 bridgehead atoms. The summed E-state index contributed by atoms with van der Waals surface area (Å²) in [6, 6.07) is 0. The summed E-state index contributed by atoms with van der Waals surface area (Å²) in [5.41, 5.74) is 0. The first kappa shape index (κ1) is 12.9. The monoisotopic (exact) mass is 237 g/mol. The molecule has 1 fully saturated rings. The lowest BCUT2D eigenvalue weighted by atomic mass is 10.1. The second-order valence-corrected chi connectivity index (χ2v) is 6.91. The van der Waals surface area contributed by atoms with Crippen molar-refractivity contribution in [1.82, 2.24) is 0 Å². The number of halogens is 2. The van der Waals surface area contributed by atoms with Crippen LogP contribution in [-0.2, 0) is 11.4 Å². The quantitative estimate of drug-likeness (QED) is 0.537. The summed E-state index contributed by atoms with van der Waals surface area (Å²) >= 11 is -1.33. The van der Waals surface area contributed by atoms with Crippen LogP contribution in [0.1, 0.15) is 40.0 Å². The van der Waals surface area contributed by atoms with Crippen LogP contribution in [0.25, 0.3) is 0 Å². The van der Waals surface area contributed by atoms with Crippen molar-refractivity contribution in [1.29, 1.82) is 0 Å². The van der Waals surface area contributed by atoms with E-state index in [1.807, 2.05) is 20.8 Å². The van der Waals surface area contributed by atoms with Gasteiger partial charge in [-0.1, -0.05) is 4.40 Å². The molecule has 0 heterocycles. The van der Waals surface area contributed by atoms with Crippen LogP contribution in [0.2, 0.25) is 0 Å². The second kappa shape index (κ2) is 4.37. The summed E-state index contributed by atoms with van der Waals surface area (Å²) in [6.45, 7) is 5.43. The van der Waals surface area contributed by atoms with Gasteiger partial charge in [-0.05, 0) is 27.2 Å². The van der Waals surface area contributed by atoms with E-state index in [0.717, 1.165) is 0 Å². The van der Waals surface area contributed by atoms with Crippen molar-refractivity contribution in [2.75, 3.05) is 0 Å². The van der Waals surface area contributed by atoms with Crippen LogP contribution in [0.15, 0.2) is 4.40 Å². The second-order valence-electron chi connectivity index (χ2n) is 4.97. The third-order valence-corrected chi connectivity index (χ3v) is 3.69. The van der Waals surface area contributed by atoms with E-state index < -0.39 is 22.0 Å². The summed E-state index contributed by atoms with van der Waals surface area (Å²) < 4.78 is 40.6. The number of nitrogens with zero attached hydrogens (tertiary/aromatic N) is 1. The van der Waals surface area contributed by atoms with Crippen molar-refractivity contribution >= 4 is 17.6 Å². The Labute approximate surface area is 92.5 Å². The maximum absolute atomic E-state index is 12.8. The van der Waals surface area contributed by atoms with E-state index in [1.54, 1.807) is 0 Å². The molecule has 0 saturated heterocycles. The van der Waals surface area contributed by atoms with Gasteiger partial charge in [0.1, 0.15) is 16.1 Å². The smallest absolute Gasteiger partial charge is 0.248 e. The largest absolute Gasteiger partial charge is 0.591 e. The normalized spacial score (nSPS) is 28.5. The first-order valence-electron chi connectivity index (χ1n) is 5.05. The van der Waals surface area contributed by atoms with E-state index in [0.29, 0.717) is 6.42 Å². The highest BCUT2D eigenvalue weighted by molar-refractivity contribution is 7.91. The molecule has 2 nitrogen and oxygen atoms in total. The van der Waals surface area contributed by atoms with Crippen LogP contribution in [0.5, 0.6) is 0 Å².